The molecule has 0 aromatic heterocycles. The van der Waals surface area contributed by atoms with Crippen LogP contribution in [0.1, 0.15) is 30.7 Å². The van der Waals surface area contributed by atoms with Crippen molar-refractivity contribution >= 4 is 5.69 Å². The third-order valence-corrected chi connectivity index (χ3v) is 4.60. The molecule has 0 bridgehead atoms. The number of aromatic hydroxyl groups is 1. The molecule has 0 aliphatic carbocycles. The summed E-state index contributed by atoms with van der Waals surface area (Å²) in [6, 6.07) is 6.57. The van der Waals surface area contributed by atoms with Crippen molar-refractivity contribution < 1.29 is 5.11 Å². The van der Waals surface area contributed by atoms with Crippen LogP contribution >= 0.6 is 0 Å². The molecule has 3 nitrogen and oxygen atoms in total. The zero-order valence-corrected chi connectivity index (χ0v) is 11.3. The highest BCUT2D eigenvalue weighted by Gasteiger charge is 2.33. The van der Waals surface area contributed by atoms with Gasteiger partial charge in [0.2, 0.25) is 0 Å². The van der Waals surface area contributed by atoms with Gasteiger partial charge in [0.25, 0.3) is 0 Å². The fourth-order valence-electron chi connectivity index (χ4n) is 3.61. The molecule has 2 heterocycles. The number of hydrogen-bond acceptors (Lipinski definition) is 3. The second-order valence-electron chi connectivity index (χ2n) is 5.80. The number of phenols is 1. The van der Waals surface area contributed by atoms with Crippen molar-refractivity contribution in [3.63, 3.8) is 0 Å². The van der Waals surface area contributed by atoms with E-state index >= 15 is 0 Å². The van der Waals surface area contributed by atoms with Gasteiger partial charge in [0.15, 0.2) is 0 Å². The van der Waals surface area contributed by atoms with E-state index in [1.807, 2.05) is 12.1 Å². The van der Waals surface area contributed by atoms with Gasteiger partial charge in [0.1, 0.15) is 5.75 Å². The Morgan fingerprint density at radius 2 is 2.17 bits per heavy atom. The number of rotatable bonds is 2. The Bertz CT molecular complexity index is 446. The molecular formula is C15H22N2O. The Balaban J connectivity index is 1.84. The monoisotopic (exact) mass is 246 g/mol. The van der Waals surface area contributed by atoms with Crippen molar-refractivity contribution in [2.75, 3.05) is 32.1 Å². The van der Waals surface area contributed by atoms with E-state index in [9.17, 15) is 5.11 Å². The van der Waals surface area contributed by atoms with E-state index in [4.69, 9.17) is 0 Å². The molecule has 98 valence electrons. The Morgan fingerprint density at radius 1 is 1.33 bits per heavy atom. The van der Waals surface area contributed by atoms with Crippen molar-refractivity contribution in [3.8, 4) is 5.75 Å². The standard InChI is InChI=1S/C15H22N2O/c1-16-8-4-5-12(16)9-11-10-17(2)13-6-3-7-14(18)15(11)13/h3,6-7,11-12,18H,4-5,8-10H2,1-2H3. The van der Waals surface area contributed by atoms with Crippen LogP contribution in [0.4, 0.5) is 5.69 Å². The minimum atomic E-state index is 0.475. The molecule has 2 unspecified atom stereocenters. The number of likely N-dealkylation sites (N-methyl/N-ethyl adjacent to an activating group) is 1. The summed E-state index contributed by atoms with van der Waals surface area (Å²) in [6.07, 6.45) is 3.79. The molecule has 3 heteroatoms. The molecule has 1 aromatic rings. The smallest absolute Gasteiger partial charge is 0.121 e. The summed E-state index contributed by atoms with van der Waals surface area (Å²) in [7, 11) is 4.35. The van der Waals surface area contributed by atoms with Gasteiger partial charge >= 0.3 is 0 Å². The molecule has 1 N–H and O–H groups in total. The zero-order valence-electron chi connectivity index (χ0n) is 11.3. The molecule has 2 aliphatic rings. The third-order valence-electron chi connectivity index (χ3n) is 4.60. The Labute approximate surface area is 109 Å². The first-order chi connectivity index (χ1) is 8.66. The van der Waals surface area contributed by atoms with Crippen LogP contribution in [0.5, 0.6) is 5.75 Å². The first-order valence-corrected chi connectivity index (χ1v) is 6.90. The van der Waals surface area contributed by atoms with Crippen LogP contribution in [0.15, 0.2) is 18.2 Å². The predicted octanol–water partition coefficient (Wildman–Crippen LogP) is 2.41. The van der Waals surface area contributed by atoms with Gasteiger partial charge in [-0.3, -0.25) is 0 Å². The SMILES string of the molecule is CN1CC(CC2CCCN2C)c2c(O)cccc21. The van der Waals surface area contributed by atoms with Crippen LogP contribution in [0, 0.1) is 0 Å². The van der Waals surface area contributed by atoms with Gasteiger partial charge in [0.05, 0.1) is 0 Å². The molecule has 2 aliphatic heterocycles. The molecule has 1 aromatic carbocycles. The first-order valence-electron chi connectivity index (χ1n) is 6.90. The van der Waals surface area contributed by atoms with Gasteiger partial charge in [-0.25, -0.2) is 0 Å². The lowest BCUT2D eigenvalue weighted by atomic mass is 9.92. The maximum Gasteiger partial charge on any atom is 0.121 e. The van der Waals surface area contributed by atoms with E-state index in [2.05, 4.69) is 30.0 Å². The number of hydrogen-bond donors (Lipinski definition) is 1. The second-order valence-corrected chi connectivity index (χ2v) is 5.80. The molecular weight excluding hydrogens is 224 g/mol. The Hall–Kier alpha value is -1.22. The molecule has 1 saturated heterocycles. The Kier molecular flexibility index (Phi) is 2.94. The average Bonchev–Trinajstić information content (AvgIpc) is 2.87. The highest BCUT2D eigenvalue weighted by atomic mass is 16.3. The normalized spacial score (nSPS) is 27.8. The van der Waals surface area contributed by atoms with E-state index in [-0.39, 0.29) is 0 Å². The molecule has 18 heavy (non-hydrogen) atoms. The van der Waals surface area contributed by atoms with Crippen molar-refractivity contribution in [3.05, 3.63) is 23.8 Å². The van der Waals surface area contributed by atoms with Gasteiger partial charge in [-0.15, -0.1) is 0 Å². The lowest BCUT2D eigenvalue weighted by molar-refractivity contribution is 0.283. The van der Waals surface area contributed by atoms with Crippen LogP contribution < -0.4 is 4.90 Å². The highest BCUT2D eigenvalue weighted by molar-refractivity contribution is 5.64. The van der Waals surface area contributed by atoms with E-state index < -0.39 is 0 Å². The summed E-state index contributed by atoms with van der Waals surface area (Å²) in [6.45, 7) is 2.26. The van der Waals surface area contributed by atoms with Gasteiger partial charge in [-0.1, -0.05) is 6.07 Å². The lowest BCUT2D eigenvalue weighted by Crippen LogP contribution is -2.28. The first kappa shape index (κ1) is 11.8. The molecule has 2 atom stereocenters. The summed E-state index contributed by atoms with van der Waals surface area (Å²) in [5, 5.41) is 10.1. The number of phenolic OH excluding ortho intramolecular Hbond substituents is 1. The summed E-state index contributed by atoms with van der Waals surface area (Å²) >= 11 is 0. The molecule has 0 amide bonds. The molecule has 0 radical (unpaired) electrons. The topological polar surface area (TPSA) is 26.7 Å². The largest absolute Gasteiger partial charge is 0.508 e. The highest BCUT2D eigenvalue weighted by Crippen LogP contribution is 2.44. The minimum Gasteiger partial charge on any atom is -0.508 e. The van der Waals surface area contributed by atoms with E-state index in [1.54, 1.807) is 0 Å². The summed E-state index contributed by atoms with van der Waals surface area (Å²) in [5.41, 5.74) is 2.38. The van der Waals surface area contributed by atoms with Crippen LogP contribution in [0.25, 0.3) is 0 Å². The van der Waals surface area contributed by atoms with E-state index in [0.717, 1.165) is 6.54 Å². The Morgan fingerprint density at radius 3 is 2.89 bits per heavy atom. The molecule has 1 fully saturated rings. The summed E-state index contributed by atoms with van der Waals surface area (Å²) in [5.74, 6) is 0.958. The minimum absolute atomic E-state index is 0.475. The second kappa shape index (κ2) is 4.47. The third kappa shape index (κ3) is 1.87. The quantitative estimate of drug-likeness (QED) is 0.868. The van der Waals surface area contributed by atoms with Gasteiger partial charge in [-0.05, 0) is 45.0 Å². The van der Waals surface area contributed by atoms with Crippen LogP contribution in [0.2, 0.25) is 0 Å². The van der Waals surface area contributed by atoms with Crippen molar-refractivity contribution in [1.29, 1.82) is 0 Å². The summed E-state index contributed by atoms with van der Waals surface area (Å²) < 4.78 is 0. The van der Waals surface area contributed by atoms with Crippen molar-refractivity contribution in [1.82, 2.24) is 4.90 Å². The number of anilines is 1. The predicted molar refractivity (Wildman–Crippen MR) is 74.4 cm³/mol. The van der Waals surface area contributed by atoms with Crippen LogP contribution in [0.3, 0.4) is 0 Å². The maximum absolute atomic E-state index is 10.1. The fraction of sp³-hybridized carbons (Fsp3) is 0.600. The average molecular weight is 246 g/mol. The van der Waals surface area contributed by atoms with Gasteiger partial charge in [-0.2, -0.15) is 0 Å². The summed E-state index contributed by atoms with van der Waals surface area (Å²) in [4.78, 5) is 4.74. The van der Waals surface area contributed by atoms with Gasteiger partial charge in [0, 0.05) is 36.8 Å². The fourth-order valence-corrected chi connectivity index (χ4v) is 3.61. The van der Waals surface area contributed by atoms with Crippen LogP contribution in [-0.4, -0.2) is 43.2 Å². The number of likely N-dealkylation sites (tertiary alicyclic amines) is 1. The van der Waals surface area contributed by atoms with Crippen LogP contribution in [-0.2, 0) is 0 Å². The van der Waals surface area contributed by atoms with E-state index in [1.165, 1.54) is 37.1 Å². The zero-order chi connectivity index (χ0) is 12.7. The van der Waals surface area contributed by atoms with Gasteiger partial charge < -0.3 is 14.9 Å². The molecule has 0 spiro atoms. The number of nitrogens with zero attached hydrogens (tertiary/aromatic N) is 2. The number of fused-ring (bicyclic) bond motifs is 1. The lowest BCUT2D eigenvalue weighted by Gasteiger charge is -2.23. The van der Waals surface area contributed by atoms with Crippen molar-refractivity contribution in [2.45, 2.75) is 31.2 Å². The molecule has 0 saturated carbocycles. The van der Waals surface area contributed by atoms with Crippen molar-refractivity contribution in [2.24, 2.45) is 0 Å². The maximum atomic E-state index is 10.1. The number of benzene rings is 1. The molecule has 3 rings (SSSR count). The van der Waals surface area contributed by atoms with E-state index in [0.29, 0.717) is 17.7 Å².